The van der Waals surface area contributed by atoms with Gasteiger partial charge in [0.25, 0.3) is 0 Å². The van der Waals surface area contributed by atoms with Gasteiger partial charge in [0.1, 0.15) is 0 Å². The number of benzene rings is 1. The van der Waals surface area contributed by atoms with Crippen LogP contribution in [-0.2, 0) is 6.42 Å². The van der Waals surface area contributed by atoms with E-state index >= 15 is 0 Å². The molecule has 2 N–H and O–H groups in total. The van der Waals surface area contributed by atoms with E-state index < -0.39 is 0 Å². The molecule has 1 atom stereocenters. The van der Waals surface area contributed by atoms with Gasteiger partial charge < -0.3 is 10.6 Å². The Labute approximate surface area is 124 Å². The van der Waals surface area contributed by atoms with Crippen molar-refractivity contribution in [2.45, 2.75) is 63.5 Å². The molecule has 0 bridgehead atoms. The summed E-state index contributed by atoms with van der Waals surface area (Å²) >= 11 is 0. The second-order valence-electron chi connectivity index (χ2n) is 6.71. The molecular weight excluding hydrogens is 244 g/mol. The summed E-state index contributed by atoms with van der Waals surface area (Å²) in [6, 6.07) is 9.07. The maximum atomic E-state index is 6.68. The molecule has 1 aromatic rings. The quantitative estimate of drug-likeness (QED) is 0.851. The van der Waals surface area contributed by atoms with E-state index in [-0.39, 0.29) is 11.6 Å². The van der Waals surface area contributed by atoms with Gasteiger partial charge in [0, 0.05) is 11.6 Å². The molecule has 2 rings (SSSR count). The Balaban J connectivity index is 2.13. The molecule has 0 heterocycles. The number of nitrogens with two attached hydrogens (primary N) is 1. The molecule has 0 saturated heterocycles. The Bertz CT molecular complexity index is 400. The van der Waals surface area contributed by atoms with Crippen molar-refractivity contribution in [2.75, 3.05) is 14.1 Å². The van der Waals surface area contributed by atoms with E-state index in [4.69, 9.17) is 5.73 Å². The highest BCUT2D eigenvalue weighted by molar-refractivity contribution is 5.23. The largest absolute Gasteiger partial charge is 0.326 e. The monoisotopic (exact) mass is 274 g/mol. The molecule has 2 heteroatoms. The topological polar surface area (TPSA) is 29.3 Å². The summed E-state index contributed by atoms with van der Waals surface area (Å²) in [4.78, 5) is 2.40. The molecule has 0 aliphatic heterocycles. The molecule has 1 unspecified atom stereocenters. The van der Waals surface area contributed by atoms with E-state index in [0.717, 1.165) is 6.42 Å². The van der Waals surface area contributed by atoms with Crippen molar-refractivity contribution in [3.63, 3.8) is 0 Å². The number of hydrogen-bond donors (Lipinski definition) is 1. The summed E-state index contributed by atoms with van der Waals surface area (Å²) in [5.41, 5.74) is 9.55. The van der Waals surface area contributed by atoms with Crippen molar-refractivity contribution in [2.24, 2.45) is 5.73 Å². The zero-order chi connectivity index (χ0) is 14.6. The van der Waals surface area contributed by atoms with Gasteiger partial charge in [-0.3, -0.25) is 0 Å². The van der Waals surface area contributed by atoms with E-state index in [2.05, 4.69) is 50.2 Å². The Morgan fingerprint density at radius 3 is 2.10 bits per heavy atom. The first-order valence-corrected chi connectivity index (χ1v) is 8.03. The number of aryl methyl sites for hydroxylation is 1. The lowest BCUT2D eigenvalue weighted by atomic mass is 9.79. The van der Waals surface area contributed by atoms with Crippen LogP contribution in [0.3, 0.4) is 0 Å². The van der Waals surface area contributed by atoms with E-state index in [1.54, 1.807) is 0 Å². The molecule has 112 valence electrons. The van der Waals surface area contributed by atoms with Gasteiger partial charge in [-0.05, 0) is 45.8 Å². The van der Waals surface area contributed by atoms with E-state index in [1.807, 2.05) is 0 Å². The zero-order valence-corrected chi connectivity index (χ0v) is 13.4. The maximum absolute atomic E-state index is 6.68. The molecule has 0 amide bonds. The minimum Gasteiger partial charge on any atom is -0.326 e. The summed E-state index contributed by atoms with van der Waals surface area (Å²) in [5.74, 6) is 0. The van der Waals surface area contributed by atoms with Crippen LogP contribution in [0.4, 0.5) is 0 Å². The fraction of sp³-hybridized carbons (Fsp3) is 0.667. The van der Waals surface area contributed by atoms with E-state index in [9.17, 15) is 0 Å². The van der Waals surface area contributed by atoms with Crippen LogP contribution in [0.2, 0.25) is 0 Å². The Morgan fingerprint density at radius 1 is 1.05 bits per heavy atom. The SMILES string of the molecule is Cc1ccc(CC(N)C2(N(C)C)CCCCCC2)cc1. The summed E-state index contributed by atoms with van der Waals surface area (Å²) in [6.45, 7) is 2.14. The molecule has 1 aliphatic carbocycles. The van der Waals surface area contributed by atoms with Crippen LogP contribution in [0.15, 0.2) is 24.3 Å². The number of nitrogens with zero attached hydrogens (tertiary/aromatic N) is 1. The molecule has 20 heavy (non-hydrogen) atoms. The zero-order valence-electron chi connectivity index (χ0n) is 13.4. The van der Waals surface area contributed by atoms with Crippen LogP contribution < -0.4 is 5.73 Å². The Hall–Kier alpha value is -0.860. The standard InChI is InChI=1S/C18H30N2/c1-15-8-10-16(11-9-15)14-17(19)18(20(2)3)12-6-4-5-7-13-18/h8-11,17H,4-7,12-14,19H2,1-3H3. The molecule has 1 aromatic carbocycles. The van der Waals surface area contributed by atoms with E-state index in [1.165, 1.54) is 49.7 Å². The highest BCUT2D eigenvalue weighted by Gasteiger charge is 2.38. The lowest BCUT2D eigenvalue weighted by Crippen LogP contribution is -2.58. The fourth-order valence-electron chi connectivity index (χ4n) is 3.66. The molecule has 1 saturated carbocycles. The molecule has 1 fully saturated rings. The molecule has 0 spiro atoms. The van der Waals surface area contributed by atoms with Gasteiger partial charge in [0.05, 0.1) is 0 Å². The van der Waals surface area contributed by atoms with Gasteiger partial charge in [-0.25, -0.2) is 0 Å². The molecular formula is C18H30N2. The normalized spacial score (nSPS) is 20.6. The van der Waals surface area contributed by atoms with Crippen LogP contribution >= 0.6 is 0 Å². The lowest BCUT2D eigenvalue weighted by molar-refractivity contribution is 0.0968. The second kappa shape index (κ2) is 6.73. The van der Waals surface area contributed by atoms with E-state index in [0.29, 0.717) is 0 Å². The average molecular weight is 274 g/mol. The third kappa shape index (κ3) is 3.42. The molecule has 0 radical (unpaired) electrons. The van der Waals surface area contributed by atoms with Gasteiger partial charge in [-0.1, -0.05) is 55.5 Å². The molecule has 1 aliphatic rings. The highest BCUT2D eigenvalue weighted by Crippen LogP contribution is 2.34. The predicted molar refractivity (Wildman–Crippen MR) is 87.0 cm³/mol. The third-order valence-corrected chi connectivity index (χ3v) is 5.13. The van der Waals surface area contributed by atoms with Crippen molar-refractivity contribution in [1.82, 2.24) is 4.90 Å². The highest BCUT2D eigenvalue weighted by atomic mass is 15.2. The summed E-state index contributed by atoms with van der Waals surface area (Å²) in [5, 5.41) is 0. The van der Waals surface area contributed by atoms with Crippen molar-refractivity contribution >= 4 is 0 Å². The molecule has 2 nitrogen and oxygen atoms in total. The minimum absolute atomic E-state index is 0.182. The Morgan fingerprint density at radius 2 is 1.60 bits per heavy atom. The third-order valence-electron chi connectivity index (χ3n) is 5.13. The first-order chi connectivity index (χ1) is 9.54. The van der Waals surface area contributed by atoms with Gasteiger partial charge in [-0.2, -0.15) is 0 Å². The van der Waals surface area contributed by atoms with Gasteiger partial charge in [-0.15, -0.1) is 0 Å². The Kier molecular flexibility index (Phi) is 5.22. The van der Waals surface area contributed by atoms with Crippen LogP contribution in [0.1, 0.15) is 49.7 Å². The first-order valence-electron chi connectivity index (χ1n) is 8.03. The number of rotatable bonds is 4. The van der Waals surface area contributed by atoms with Gasteiger partial charge in [0.15, 0.2) is 0 Å². The van der Waals surface area contributed by atoms with Crippen molar-refractivity contribution in [3.05, 3.63) is 35.4 Å². The van der Waals surface area contributed by atoms with Crippen molar-refractivity contribution in [3.8, 4) is 0 Å². The van der Waals surface area contributed by atoms with Gasteiger partial charge in [0.2, 0.25) is 0 Å². The second-order valence-corrected chi connectivity index (χ2v) is 6.71. The number of hydrogen-bond acceptors (Lipinski definition) is 2. The van der Waals surface area contributed by atoms with Crippen LogP contribution in [-0.4, -0.2) is 30.6 Å². The van der Waals surface area contributed by atoms with Crippen LogP contribution in [0.5, 0.6) is 0 Å². The van der Waals surface area contributed by atoms with Gasteiger partial charge >= 0.3 is 0 Å². The van der Waals surface area contributed by atoms with Crippen molar-refractivity contribution < 1.29 is 0 Å². The predicted octanol–water partition coefficient (Wildman–Crippen LogP) is 3.52. The average Bonchev–Trinajstić information content (AvgIpc) is 2.68. The minimum atomic E-state index is 0.182. The van der Waals surface area contributed by atoms with Crippen LogP contribution in [0.25, 0.3) is 0 Å². The summed E-state index contributed by atoms with van der Waals surface area (Å²) in [7, 11) is 4.42. The first kappa shape index (κ1) is 15.5. The smallest absolute Gasteiger partial charge is 0.0357 e. The van der Waals surface area contributed by atoms with Crippen molar-refractivity contribution in [1.29, 1.82) is 0 Å². The summed E-state index contributed by atoms with van der Waals surface area (Å²) < 4.78 is 0. The lowest BCUT2D eigenvalue weighted by Gasteiger charge is -2.44. The fourth-order valence-corrected chi connectivity index (χ4v) is 3.66. The summed E-state index contributed by atoms with van der Waals surface area (Å²) in [6.07, 6.45) is 8.84. The molecule has 0 aromatic heterocycles. The van der Waals surface area contributed by atoms with Crippen LogP contribution in [0, 0.1) is 6.92 Å². The number of likely N-dealkylation sites (N-methyl/N-ethyl adjacent to an activating group) is 1. The maximum Gasteiger partial charge on any atom is 0.0357 e.